The van der Waals surface area contributed by atoms with Crippen LogP contribution in [0.15, 0.2) is 0 Å². The van der Waals surface area contributed by atoms with Crippen LogP contribution in [-0.2, 0) is 16.8 Å². The summed E-state index contributed by atoms with van der Waals surface area (Å²) in [5.74, 6) is 0. The van der Waals surface area contributed by atoms with Crippen molar-refractivity contribution in [2.45, 2.75) is 19.9 Å². The van der Waals surface area contributed by atoms with Crippen LogP contribution in [0.4, 0.5) is 5.00 Å². The van der Waals surface area contributed by atoms with Crippen LogP contribution < -0.4 is 5.32 Å². The van der Waals surface area contributed by atoms with Gasteiger partial charge in [-0.1, -0.05) is 11.4 Å². The zero-order chi connectivity index (χ0) is 13.8. The topological polar surface area (TPSA) is 78.4 Å². The van der Waals surface area contributed by atoms with Gasteiger partial charge in [-0.2, -0.15) is 17.0 Å². The summed E-state index contributed by atoms with van der Waals surface area (Å²) in [6.45, 7) is 3.09. The van der Waals surface area contributed by atoms with Crippen LogP contribution in [0.25, 0.3) is 0 Å². The Morgan fingerprint density at radius 2 is 2.00 bits per heavy atom. The molecule has 0 amide bonds. The van der Waals surface area contributed by atoms with E-state index in [0.29, 0.717) is 5.69 Å². The number of rotatable bonds is 7. The highest BCUT2D eigenvalue weighted by Crippen LogP contribution is 2.20. The maximum absolute atomic E-state index is 11.9. The number of aromatic nitrogens is 2. The van der Waals surface area contributed by atoms with Crippen LogP contribution in [0, 0.1) is 0 Å². The minimum absolute atomic E-state index is 0.211. The lowest BCUT2D eigenvalue weighted by Crippen LogP contribution is -2.37. The van der Waals surface area contributed by atoms with E-state index in [0.717, 1.165) is 18.0 Å². The van der Waals surface area contributed by atoms with Crippen molar-refractivity contribution < 1.29 is 8.42 Å². The fourth-order valence-corrected chi connectivity index (χ4v) is 2.70. The Labute approximate surface area is 112 Å². The van der Waals surface area contributed by atoms with E-state index in [1.165, 1.54) is 41.3 Å². The molecule has 0 fully saturated rings. The van der Waals surface area contributed by atoms with E-state index in [1.54, 1.807) is 0 Å². The van der Waals surface area contributed by atoms with Gasteiger partial charge in [0.05, 0.1) is 6.54 Å². The molecule has 1 rings (SSSR count). The second kappa shape index (κ2) is 6.41. The van der Waals surface area contributed by atoms with Gasteiger partial charge in [-0.25, -0.2) is 0 Å². The van der Waals surface area contributed by atoms with E-state index in [-0.39, 0.29) is 6.54 Å². The predicted octanol–water partition coefficient (Wildman–Crippen LogP) is 0.598. The maximum Gasteiger partial charge on any atom is 0.281 e. The van der Waals surface area contributed by atoms with Gasteiger partial charge in [0.25, 0.3) is 10.2 Å². The molecule has 0 aliphatic carbocycles. The highest BCUT2D eigenvalue weighted by atomic mass is 32.2. The monoisotopic (exact) mass is 293 g/mol. The molecule has 7 nitrogen and oxygen atoms in total. The Balaban J connectivity index is 2.76. The van der Waals surface area contributed by atoms with Crippen LogP contribution in [0.5, 0.6) is 0 Å². The van der Waals surface area contributed by atoms with Crippen molar-refractivity contribution in [2.75, 3.05) is 33.0 Å². The number of hydrogen-bond donors (Lipinski definition) is 1. The smallest absolute Gasteiger partial charge is 0.281 e. The van der Waals surface area contributed by atoms with Crippen molar-refractivity contribution in [2.24, 2.45) is 0 Å². The highest BCUT2D eigenvalue weighted by Gasteiger charge is 2.22. The normalized spacial score (nSPS) is 12.3. The molecule has 1 aromatic rings. The number of nitrogens with one attached hydrogen (secondary N) is 1. The Hall–Kier alpha value is -0.770. The molecule has 1 heterocycles. The van der Waals surface area contributed by atoms with Gasteiger partial charge in [-0.3, -0.25) is 0 Å². The molecule has 0 radical (unpaired) electrons. The second-order valence-corrected chi connectivity index (χ2v) is 7.03. The molecule has 1 N–H and O–H groups in total. The first-order valence-electron chi connectivity index (χ1n) is 5.58. The van der Waals surface area contributed by atoms with Gasteiger partial charge in [-0.05, 0) is 6.42 Å². The fourth-order valence-electron chi connectivity index (χ4n) is 1.26. The van der Waals surface area contributed by atoms with Gasteiger partial charge >= 0.3 is 0 Å². The molecule has 0 saturated carbocycles. The first kappa shape index (κ1) is 15.3. The summed E-state index contributed by atoms with van der Waals surface area (Å²) >= 11 is 1.24. The summed E-state index contributed by atoms with van der Waals surface area (Å²) in [5, 5.41) is 7.98. The molecule has 0 aliphatic heterocycles. The van der Waals surface area contributed by atoms with Crippen molar-refractivity contribution in [1.82, 2.24) is 18.2 Å². The van der Waals surface area contributed by atoms with Crippen LogP contribution in [-0.4, -0.2) is 54.3 Å². The van der Waals surface area contributed by atoms with Crippen molar-refractivity contribution in [3.8, 4) is 0 Å². The van der Waals surface area contributed by atoms with E-state index >= 15 is 0 Å². The van der Waals surface area contributed by atoms with Crippen molar-refractivity contribution >= 4 is 26.7 Å². The molecule has 0 unspecified atom stereocenters. The van der Waals surface area contributed by atoms with Gasteiger partial charge in [0, 0.05) is 39.2 Å². The zero-order valence-corrected chi connectivity index (χ0v) is 12.7. The quantitative estimate of drug-likeness (QED) is 0.796. The third-order valence-electron chi connectivity index (χ3n) is 2.32. The average Bonchev–Trinajstić information content (AvgIpc) is 2.73. The first-order valence-corrected chi connectivity index (χ1v) is 7.75. The molecule has 104 valence electrons. The summed E-state index contributed by atoms with van der Waals surface area (Å²) in [6, 6.07) is 0. The lowest BCUT2D eigenvalue weighted by atomic mass is 10.4. The van der Waals surface area contributed by atoms with Gasteiger partial charge in [-0.15, -0.1) is 5.10 Å². The molecule has 9 heteroatoms. The Morgan fingerprint density at radius 1 is 1.33 bits per heavy atom. The molecule has 0 spiro atoms. The lowest BCUT2D eigenvalue weighted by Gasteiger charge is -2.20. The van der Waals surface area contributed by atoms with Gasteiger partial charge < -0.3 is 5.32 Å². The molecule has 0 bridgehead atoms. The standard InChI is InChI=1S/C9H19N5O2S2/c1-5-6-10-9-8(11-12-17-9)7-14(4)18(15,16)13(2)3/h10H,5-7H2,1-4H3. The molecule has 0 atom stereocenters. The minimum atomic E-state index is -3.41. The van der Waals surface area contributed by atoms with Crippen molar-refractivity contribution in [3.05, 3.63) is 5.69 Å². The molecule has 18 heavy (non-hydrogen) atoms. The highest BCUT2D eigenvalue weighted by molar-refractivity contribution is 7.86. The van der Waals surface area contributed by atoms with E-state index < -0.39 is 10.2 Å². The van der Waals surface area contributed by atoms with Crippen LogP contribution in [0.3, 0.4) is 0 Å². The minimum Gasteiger partial charge on any atom is -0.374 e. The number of hydrogen-bond acceptors (Lipinski definition) is 6. The van der Waals surface area contributed by atoms with Gasteiger partial charge in [0.15, 0.2) is 0 Å². The largest absolute Gasteiger partial charge is 0.374 e. The van der Waals surface area contributed by atoms with Crippen molar-refractivity contribution in [3.63, 3.8) is 0 Å². The zero-order valence-electron chi connectivity index (χ0n) is 11.0. The van der Waals surface area contributed by atoms with E-state index in [9.17, 15) is 8.42 Å². The molecule has 0 saturated heterocycles. The lowest BCUT2D eigenvalue weighted by molar-refractivity contribution is 0.411. The molecule has 0 aromatic carbocycles. The van der Waals surface area contributed by atoms with E-state index in [1.807, 2.05) is 0 Å². The van der Waals surface area contributed by atoms with Crippen LogP contribution in [0.2, 0.25) is 0 Å². The van der Waals surface area contributed by atoms with Gasteiger partial charge in [0.1, 0.15) is 10.7 Å². The van der Waals surface area contributed by atoms with E-state index in [2.05, 4.69) is 21.8 Å². The summed E-state index contributed by atoms with van der Waals surface area (Å²) in [6.07, 6.45) is 0.989. The summed E-state index contributed by atoms with van der Waals surface area (Å²) in [7, 11) is 1.11. The summed E-state index contributed by atoms with van der Waals surface area (Å²) in [5.41, 5.74) is 0.654. The summed E-state index contributed by atoms with van der Waals surface area (Å²) < 4.78 is 30.0. The van der Waals surface area contributed by atoms with Crippen LogP contribution >= 0.6 is 11.5 Å². The third kappa shape index (κ3) is 3.61. The third-order valence-corrected chi connectivity index (χ3v) is 4.88. The molecule has 0 aliphatic rings. The van der Waals surface area contributed by atoms with Crippen molar-refractivity contribution in [1.29, 1.82) is 0 Å². The van der Waals surface area contributed by atoms with Crippen LogP contribution in [0.1, 0.15) is 19.0 Å². The fraction of sp³-hybridized carbons (Fsp3) is 0.778. The molecule has 1 aromatic heterocycles. The second-order valence-electron chi connectivity index (χ2n) is 4.02. The maximum atomic E-state index is 11.9. The number of nitrogens with zero attached hydrogens (tertiary/aromatic N) is 4. The van der Waals surface area contributed by atoms with E-state index in [4.69, 9.17) is 0 Å². The Morgan fingerprint density at radius 3 is 2.56 bits per heavy atom. The van der Waals surface area contributed by atoms with Gasteiger partial charge in [0.2, 0.25) is 0 Å². The predicted molar refractivity (Wildman–Crippen MR) is 72.8 cm³/mol. The first-order chi connectivity index (χ1) is 8.39. The molecular formula is C9H19N5O2S2. The SMILES string of the molecule is CCCNc1snnc1CN(C)S(=O)(=O)N(C)C. The molecular weight excluding hydrogens is 274 g/mol. The Kier molecular flexibility index (Phi) is 5.45. The number of anilines is 1. The average molecular weight is 293 g/mol. The summed E-state index contributed by atoms with van der Waals surface area (Å²) in [4.78, 5) is 0. The Bertz CT molecular complexity index is 471.